The molecule has 0 saturated heterocycles. The summed E-state index contributed by atoms with van der Waals surface area (Å²) < 4.78 is 26.6. The van der Waals surface area contributed by atoms with Crippen LogP contribution in [-0.4, -0.2) is 49.1 Å². The SMILES string of the molecule is CN(C)S(=O)(=O)c1ccc(C(=O)NCCn2nc(-c3ccccc3)ccc2=O)cc1. The predicted molar refractivity (Wildman–Crippen MR) is 114 cm³/mol. The van der Waals surface area contributed by atoms with Crippen molar-refractivity contribution in [2.45, 2.75) is 11.4 Å². The van der Waals surface area contributed by atoms with Crippen LogP contribution in [0.2, 0.25) is 0 Å². The van der Waals surface area contributed by atoms with E-state index in [9.17, 15) is 18.0 Å². The van der Waals surface area contributed by atoms with Gasteiger partial charge < -0.3 is 5.32 Å². The third-order valence-electron chi connectivity index (χ3n) is 4.44. The molecule has 0 aliphatic rings. The zero-order chi connectivity index (χ0) is 21.7. The van der Waals surface area contributed by atoms with Gasteiger partial charge in [-0.25, -0.2) is 17.4 Å². The first kappa shape index (κ1) is 21.4. The number of nitrogens with one attached hydrogen (secondary N) is 1. The molecule has 1 amide bonds. The van der Waals surface area contributed by atoms with E-state index >= 15 is 0 Å². The van der Waals surface area contributed by atoms with Crippen molar-refractivity contribution in [2.75, 3.05) is 20.6 Å². The predicted octanol–water partition coefficient (Wildman–Crippen LogP) is 1.59. The highest BCUT2D eigenvalue weighted by Gasteiger charge is 2.17. The maximum Gasteiger partial charge on any atom is 0.266 e. The van der Waals surface area contributed by atoms with E-state index in [2.05, 4.69) is 10.4 Å². The minimum Gasteiger partial charge on any atom is -0.350 e. The highest BCUT2D eigenvalue weighted by molar-refractivity contribution is 7.89. The van der Waals surface area contributed by atoms with Crippen LogP contribution in [0, 0.1) is 0 Å². The average molecular weight is 426 g/mol. The maximum atomic E-state index is 12.3. The van der Waals surface area contributed by atoms with Gasteiger partial charge in [0, 0.05) is 37.8 Å². The highest BCUT2D eigenvalue weighted by atomic mass is 32.2. The summed E-state index contributed by atoms with van der Waals surface area (Å²) in [5, 5.41) is 7.07. The van der Waals surface area contributed by atoms with Crippen molar-refractivity contribution in [3.8, 4) is 11.3 Å². The number of carbonyl (C=O) groups is 1. The molecule has 3 rings (SSSR count). The monoisotopic (exact) mass is 426 g/mol. The van der Waals surface area contributed by atoms with Gasteiger partial charge >= 0.3 is 0 Å². The summed E-state index contributed by atoms with van der Waals surface area (Å²) in [6, 6.07) is 18.3. The van der Waals surface area contributed by atoms with Gasteiger partial charge in [-0.2, -0.15) is 5.10 Å². The van der Waals surface area contributed by atoms with Crippen LogP contribution in [0.1, 0.15) is 10.4 Å². The number of rotatable bonds is 7. The molecule has 8 nitrogen and oxygen atoms in total. The van der Waals surface area contributed by atoms with Crippen molar-refractivity contribution >= 4 is 15.9 Å². The van der Waals surface area contributed by atoms with Gasteiger partial charge in [0.05, 0.1) is 17.1 Å². The lowest BCUT2D eigenvalue weighted by molar-refractivity contribution is 0.0951. The van der Waals surface area contributed by atoms with Gasteiger partial charge in [-0.1, -0.05) is 30.3 Å². The first-order valence-corrected chi connectivity index (χ1v) is 10.7. The van der Waals surface area contributed by atoms with Gasteiger partial charge in [0.15, 0.2) is 0 Å². The lowest BCUT2D eigenvalue weighted by atomic mass is 10.1. The standard InChI is InChI=1S/C21H22N4O4S/c1-24(2)30(28,29)18-10-8-17(9-11-18)21(27)22-14-15-25-20(26)13-12-19(23-25)16-6-4-3-5-7-16/h3-13H,14-15H2,1-2H3,(H,22,27). The minimum absolute atomic E-state index is 0.109. The Labute approximate surface area is 174 Å². The summed E-state index contributed by atoms with van der Waals surface area (Å²) in [5.74, 6) is -0.365. The molecule has 1 N–H and O–H groups in total. The molecule has 0 spiro atoms. The summed E-state index contributed by atoms with van der Waals surface area (Å²) in [7, 11) is -0.662. The van der Waals surface area contributed by atoms with E-state index in [4.69, 9.17) is 0 Å². The van der Waals surface area contributed by atoms with Crippen LogP contribution in [0.3, 0.4) is 0 Å². The molecule has 1 aromatic heterocycles. The quantitative estimate of drug-likeness (QED) is 0.618. The van der Waals surface area contributed by atoms with E-state index in [0.717, 1.165) is 9.87 Å². The Morgan fingerprint density at radius 2 is 1.67 bits per heavy atom. The zero-order valence-corrected chi connectivity index (χ0v) is 17.5. The normalized spacial score (nSPS) is 11.4. The van der Waals surface area contributed by atoms with E-state index in [1.54, 1.807) is 6.07 Å². The largest absolute Gasteiger partial charge is 0.350 e. The number of benzene rings is 2. The van der Waals surface area contributed by atoms with Crippen LogP contribution in [-0.2, 0) is 16.6 Å². The second kappa shape index (κ2) is 9.02. The van der Waals surface area contributed by atoms with Crippen LogP contribution in [0.15, 0.2) is 76.4 Å². The summed E-state index contributed by atoms with van der Waals surface area (Å²) in [6.07, 6.45) is 0. The first-order valence-electron chi connectivity index (χ1n) is 9.23. The van der Waals surface area contributed by atoms with Crippen LogP contribution < -0.4 is 10.9 Å². The lowest BCUT2D eigenvalue weighted by Crippen LogP contribution is -2.32. The molecular weight excluding hydrogens is 404 g/mol. The van der Waals surface area contributed by atoms with Gasteiger partial charge in [-0.3, -0.25) is 9.59 Å². The van der Waals surface area contributed by atoms with Crippen molar-refractivity contribution < 1.29 is 13.2 Å². The number of nitrogens with zero attached hydrogens (tertiary/aromatic N) is 3. The zero-order valence-electron chi connectivity index (χ0n) is 16.6. The van der Waals surface area contributed by atoms with E-state index in [1.807, 2.05) is 30.3 Å². The third kappa shape index (κ3) is 4.81. The van der Waals surface area contributed by atoms with E-state index in [1.165, 1.54) is 49.1 Å². The topological polar surface area (TPSA) is 101 Å². The van der Waals surface area contributed by atoms with Gasteiger partial charge in [0.25, 0.3) is 11.5 Å². The molecule has 9 heteroatoms. The fraction of sp³-hybridized carbons (Fsp3) is 0.190. The molecule has 0 radical (unpaired) electrons. The Morgan fingerprint density at radius 1 is 1.00 bits per heavy atom. The summed E-state index contributed by atoms with van der Waals surface area (Å²) in [6.45, 7) is 0.403. The fourth-order valence-corrected chi connectivity index (χ4v) is 3.64. The molecule has 0 unspecified atom stereocenters. The third-order valence-corrected chi connectivity index (χ3v) is 6.27. The van der Waals surface area contributed by atoms with Crippen molar-refractivity contribution in [3.63, 3.8) is 0 Å². The molecule has 156 valence electrons. The first-order chi connectivity index (χ1) is 14.3. The second-order valence-electron chi connectivity index (χ2n) is 6.71. The van der Waals surface area contributed by atoms with E-state index in [0.29, 0.717) is 11.3 Å². The fourth-order valence-electron chi connectivity index (χ4n) is 2.74. The lowest BCUT2D eigenvalue weighted by Gasteiger charge is -2.12. The Kier molecular flexibility index (Phi) is 6.43. The van der Waals surface area contributed by atoms with Gasteiger partial charge in [-0.05, 0) is 30.3 Å². The Hall–Kier alpha value is -3.30. The van der Waals surface area contributed by atoms with Crippen LogP contribution in [0.4, 0.5) is 0 Å². The van der Waals surface area contributed by atoms with Crippen molar-refractivity contribution in [2.24, 2.45) is 0 Å². The van der Waals surface area contributed by atoms with Gasteiger partial charge in [0.1, 0.15) is 0 Å². The number of hydrogen-bond acceptors (Lipinski definition) is 5. The maximum absolute atomic E-state index is 12.3. The second-order valence-corrected chi connectivity index (χ2v) is 8.87. The Morgan fingerprint density at radius 3 is 2.30 bits per heavy atom. The summed E-state index contributed by atoms with van der Waals surface area (Å²) in [5.41, 5.74) is 1.62. The number of aromatic nitrogens is 2. The summed E-state index contributed by atoms with van der Waals surface area (Å²) in [4.78, 5) is 24.5. The molecule has 2 aromatic carbocycles. The van der Waals surface area contributed by atoms with Crippen LogP contribution in [0.25, 0.3) is 11.3 Å². The van der Waals surface area contributed by atoms with Crippen molar-refractivity contribution in [1.29, 1.82) is 0 Å². The van der Waals surface area contributed by atoms with Crippen LogP contribution in [0.5, 0.6) is 0 Å². The Bertz CT molecular complexity index is 1190. The number of carbonyl (C=O) groups excluding carboxylic acids is 1. The van der Waals surface area contributed by atoms with E-state index < -0.39 is 10.0 Å². The van der Waals surface area contributed by atoms with Crippen molar-refractivity contribution in [1.82, 2.24) is 19.4 Å². The molecule has 0 bridgehead atoms. The molecule has 3 aromatic rings. The molecule has 0 aliphatic carbocycles. The highest BCUT2D eigenvalue weighted by Crippen LogP contribution is 2.15. The average Bonchev–Trinajstić information content (AvgIpc) is 2.75. The van der Waals surface area contributed by atoms with Crippen molar-refractivity contribution in [3.05, 3.63) is 82.6 Å². The van der Waals surface area contributed by atoms with Gasteiger partial charge in [-0.15, -0.1) is 0 Å². The molecule has 0 aliphatic heterocycles. The number of hydrogen-bond donors (Lipinski definition) is 1. The number of sulfonamides is 1. The summed E-state index contributed by atoms with van der Waals surface area (Å²) >= 11 is 0. The molecule has 0 fully saturated rings. The molecule has 30 heavy (non-hydrogen) atoms. The minimum atomic E-state index is -3.55. The Balaban J connectivity index is 1.64. The molecule has 0 saturated carbocycles. The number of amides is 1. The van der Waals surface area contributed by atoms with E-state index in [-0.39, 0.29) is 29.5 Å². The van der Waals surface area contributed by atoms with Crippen LogP contribution >= 0.6 is 0 Å². The smallest absolute Gasteiger partial charge is 0.266 e. The molecule has 0 atom stereocenters. The van der Waals surface area contributed by atoms with Gasteiger partial charge in [0.2, 0.25) is 10.0 Å². The molecule has 1 heterocycles. The molecular formula is C21H22N4O4S.